The average molecular weight is 391 g/mol. The third-order valence-corrected chi connectivity index (χ3v) is 6.27. The molecule has 0 aliphatic carbocycles. The molecule has 152 valence electrons. The van der Waals surface area contributed by atoms with Crippen LogP contribution in [0.3, 0.4) is 0 Å². The summed E-state index contributed by atoms with van der Waals surface area (Å²) in [7, 11) is 2.19. The molecule has 0 bridgehead atoms. The Morgan fingerprint density at radius 2 is 1.76 bits per heavy atom. The topological polar surface area (TPSA) is 22.9 Å². The fourth-order valence-corrected chi connectivity index (χ4v) is 4.64. The highest BCUT2D eigenvalue weighted by molar-refractivity contribution is 5.39. The highest BCUT2D eigenvalue weighted by Crippen LogP contribution is 2.52. The highest BCUT2D eigenvalue weighted by Gasteiger charge is 2.49. The number of ether oxygens (including phenoxy) is 2. The first kappa shape index (κ1) is 20.0. The van der Waals surface area contributed by atoms with Gasteiger partial charge >= 0.3 is 0 Å². The number of quaternary nitrogens is 1. The minimum Gasteiger partial charge on any atom is -0.487 e. The molecular formula is C26H32NO2+. The number of fused-ring (bicyclic) bond motifs is 3. The van der Waals surface area contributed by atoms with Crippen molar-refractivity contribution >= 4 is 0 Å². The second-order valence-electron chi connectivity index (χ2n) is 9.26. The molecule has 1 unspecified atom stereocenters. The van der Waals surface area contributed by atoms with Crippen LogP contribution in [0.1, 0.15) is 50.8 Å². The molecule has 0 spiro atoms. The molecule has 1 saturated heterocycles. The standard InChI is InChI=1S/C26H31NO2/c1-25(2)22-15-17-26(3,29-24(22)21-13-8-9-14-23(21)28-25)16-10-18-27(4)19-20-11-6-5-7-12-20/h5-9,11-14,22,24H,15,17-19H2,1-4H3/p+1/t22-,24-,26-/m0/s1. The molecule has 3 nitrogen and oxygen atoms in total. The minimum absolute atomic E-state index is 0.0393. The monoisotopic (exact) mass is 390 g/mol. The molecule has 3 heteroatoms. The summed E-state index contributed by atoms with van der Waals surface area (Å²) in [5.74, 6) is 8.18. The second-order valence-corrected chi connectivity index (χ2v) is 9.26. The molecule has 0 saturated carbocycles. The van der Waals surface area contributed by atoms with Crippen LogP contribution in [0.25, 0.3) is 0 Å². The van der Waals surface area contributed by atoms with Crippen LogP contribution in [0.4, 0.5) is 0 Å². The Bertz CT molecular complexity index is 911. The normalized spacial score (nSPS) is 28.1. The fourth-order valence-electron chi connectivity index (χ4n) is 4.64. The van der Waals surface area contributed by atoms with E-state index in [1.807, 2.05) is 6.07 Å². The van der Waals surface area contributed by atoms with Gasteiger partial charge in [-0.2, -0.15) is 0 Å². The maximum absolute atomic E-state index is 6.68. The van der Waals surface area contributed by atoms with Crippen LogP contribution in [0, 0.1) is 17.8 Å². The minimum atomic E-state index is -0.408. The Morgan fingerprint density at radius 3 is 2.55 bits per heavy atom. The van der Waals surface area contributed by atoms with E-state index >= 15 is 0 Å². The van der Waals surface area contributed by atoms with Crippen molar-refractivity contribution in [2.75, 3.05) is 13.6 Å². The summed E-state index contributed by atoms with van der Waals surface area (Å²) in [4.78, 5) is 1.39. The van der Waals surface area contributed by atoms with Crippen molar-refractivity contribution in [3.63, 3.8) is 0 Å². The molecule has 0 amide bonds. The molecule has 2 aliphatic rings. The molecule has 2 heterocycles. The lowest BCUT2D eigenvalue weighted by Crippen LogP contribution is -3.07. The summed E-state index contributed by atoms with van der Waals surface area (Å²) in [6, 6.07) is 18.9. The smallest absolute Gasteiger partial charge is 0.139 e. The van der Waals surface area contributed by atoms with E-state index in [1.165, 1.54) is 10.5 Å². The Kier molecular flexibility index (Phi) is 5.42. The molecule has 0 aromatic heterocycles. The Hall–Kier alpha value is -2.28. The Morgan fingerprint density at radius 1 is 1.03 bits per heavy atom. The first-order chi connectivity index (χ1) is 13.9. The van der Waals surface area contributed by atoms with Gasteiger partial charge in [0.25, 0.3) is 0 Å². The van der Waals surface area contributed by atoms with Gasteiger partial charge in [-0.15, -0.1) is 0 Å². The number of hydrogen-bond donors (Lipinski definition) is 1. The molecule has 4 atom stereocenters. The first-order valence-corrected chi connectivity index (χ1v) is 10.7. The molecule has 0 radical (unpaired) electrons. The second kappa shape index (κ2) is 7.86. The predicted octanol–water partition coefficient (Wildman–Crippen LogP) is 3.80. The van der Waals surface area contributed by atoms with E-state index in [0.717, 1.165) is 37.2 Å². The molecule has 2 aromatic carbocycles. The van der Waals surface area contributed by atoms with E-state index in [1.54, 1.807) is 0 Å². The molecule has 2 aromatic rings. The maximum atomic E-state index is 6.68. The van der Waals surface area contributed by atoms with E-state index in [0.29, 0.717) is 5.92 Å². The van der Waals surface area contributed by atoms with Crippen molar-refractivity contribution in [2.24, 2.45) is 5.92 Å². The van der Waals surface area contributed by atoms with Gasteiger partial charge in [0.2, 0.25) is 0 Å². The fraction of sp³-hybridized carbons (Fsp3) is 0.462. The maximum Gasteiger partial charge on any atom is 0.139 e. The zero-order chi connectivity index (χ0) is 20.5. The summed E-state index contributed by atoms with van der Waals surface area (Å²) in [5.41, 5.74) is 1.87. The summed E-state index contributed by atoms with van der Waals surface area (Å²) in [6.07, 6.45) is 2.04. The van der Waals surface area contributed by atoms with Crippen LogP contribution in [0.15, 0.2) is 54.6 Å². The predicted molar refractivity (Wildman–Crippen MR) is 116 cm³/mol. The number of hydrogen-bond acceptors (Lipinski definition) is 2. The molecule has 29 heavy (non-hydrogen) atoms. The van der Waals surface area contributed by atoms with Crippen LogP contribution in [-0.4, -0.2) is 24.8 Å². The lowest BCUT2D eigenvalue weighted by molar-refractivity contribution is -0.886. The van der Waals surface area contributed by atoms with Gasteiger partial charge in [-0.3, -0.25) is 0 Å². The van der Waals surface area contributed by atoms with Crippen molar-refractivity contribution in [3.05, 3.63) is 65.7 Å². The van der Waals surface area contributed by atoms with Gasteiger partial charge < -0.3 is 14.4 Å². The zero-order valence-corrected chi connectivity index (χ0v) is 18.0. The van der Waals surface area contributed by atoms with Crippen molar-refractivity contribution in [2.45, 2.75) is 57.5 Å². The first-order valence-electron chi connectivity index (χ1n) is 10.7. The summed E-state index contributed by atoms with van der Waals surface area (Å²) in [5, 5.41) is 0. The van der Waals surface area contributed by atoms with Gasteiger partial charge in [0, 0.05) is 17.0 Å². The Balaban J connectivity index is 1.46. The van der Waals surface area contributed by atoms with Crippen molar-refractivity contribution in [1.82, 2.24) is 0 Å². The van der Waals surface area contributed by atoms with Crippen LogP contribution in [-0.2, 0) is 11.3 Å². The molecule has 4 rings (SSSR count). The van der Waals surface area contributed by atoms with Crippen LogP contribution in [0.2, 0.25) is 0 Å². The molecule has 1 N–H and O–H groups in total. The highest BCUT2D eigenvalue weighted by atomic mass is 16.5. The number of benzene rings is 2. The zero-order valence-electron chi connectivity index (χ0n) is 18.0. The van der Waals surface area contributed by atoms with Crippen LogP contribution < -0.4 is 9.64 Å². The SMILES string of the molecule is C[NH+](CC#C[C@@]1(C)CC[C@H]2[C@@H](O1)c1ccccc1OC2(C)C)Cc1ccccc1. The molecule has 2 aliphatic heterocycles. The van der Waals surface area contributed by atoms with E-state index in [2.05, 4.69) is 88.2 Å². The largest absolute Gasteiger partial charge is 0.487 e. The quantitative estimate of drug-likeness (QED) is 0.806. The van der Waals surface area contributed by atoms with Gasteiger partial charge in [0.1, 0.15) is 30.0 Å². The van der Waals surface area contributed by atoms with Crippen molar-refractivity contribution in [3.8, 4) is 17.6 Å². The van der Waals surface area contributed by atoms with Gasteiger partial charge in [-0.05, 0) is 45.6 Å². The van der Waals surface area contributed by atoms with Crippen LogP contribution >= 0.6 is 0 Å². The number of para-hydroxylation sites is 1. The summed E-state index contributed by atoms with van der Waals surface area (Å²) >= 11 is 0. The lowest BCUT2D eigenvalue weighted by atomic mass is 9.73. The van der Waals surface area contributed by atoms with Gasteiger partial charge in [0.05, 0.1) is 13.2 Å². The Labute approximate surface area is 175 Å². The van der Waals surface area contributed by atoms with Crippen molar-refractivity contribution < 1.29 is 14.4 Å². The molecule has 1 fully saturated rings. The van der Waals surface area contributed by atoms with Crippen molar-refractivity contribution in [1.29, 1.82) is 0 Å². The van der Waals surface area contributed by atoms with E-state index in [-0.39, 0.29) is 11.7 Å². The van der Waals surface area contributed by atoms with E-state index in [9.17, 15) is 0 Å². The average Bonchev–Trinajstić information content (AvgIpc) is 2.68. The van der Waals surface area contributed by atoms with Gasteiger partial charge in [0.15, 0.2) is 0 Å². The number of nitrogens with one attached hydrogen (secondary N) is 1. The number of rotatable bonds is 3. The van der Waals surface area contributed by atoms with Gasteiger partial charge in [-0.25, -0.2) is 0 Å². The summed E-state index contributed by atoms with van der Waals surface area (Å²) < 4.78 is 13.0. The van der Waals surface area contributed by atoms with Gasteiger partial charge in [-0.1, -0.05) is 54.5 Å². The lowest BCUT2D eigenvalue weighted by Gasteiger charge is -2.50. The van der Waals surface area contributed by atoms with E-state index < -0.39 is 5.60 Å². The third-order valence-electron chi connectivity index (χ3n) is 6.27. The van der Waals surface area contributed by atoms with Crippen LogP contribution in [0.5, 0.6) is 5.75 Å². The summed E-state index contributed by atoms with van der Waals surface area (Å²) in [6.45, 7) is 8.30. The molecular weight excluding hydrogens is 358 g/mol. The van der Waals surface area contributed by atoms with E-state index in [4.69, 9.17) is 9.47 Å². The third kappa shape index (κ3) is 4.34.